The van der Waals surface area contributed by atoms with Crippen LogP contribution in [0.2, 0.25) is 5.02 Å². The Labute approximate surface area is 117 Å². The number of carbonyl (C=O) groups excluding carboxylic acids is 1. The van der Waals surface area contributed by atoms with E-state index >= 15 is 0 Å². The van der Waals surface area contributed by atoms with Gasteiger partial charge in [-0.05, 0) is 36.8 Å². The SMILES string of the molecule is CNc1ccc(Cl)cc1C(=O)NCC1CCCS1. The van der Waals surface area contributed by atoms with Crippen LogP contribution in [0.3, 0.4) is 0 Å². The van der Waals surface area contributed by atoms with Gasteiger partial charge < -0.3 is 10.6 Å². The largest absolute Gasteiger partial charge is 0.387 e. The second-order valence-electron chi connectivity index (χ2n) is 4.28. The highest BCUT2D eigenvalue weighted by molar-refractivity contribution is 8.00. The Morgan fingerprint density at radius 2 is 2.39 bits per heavy atom. The van der Waals surface area contributed by atoms with Crippen molar-refractivity contribution in [3.05, 3.63) is 28.8 Å². The first-order valence-corrected chi connectivity index (χ1v) is 7.50. The summed E-state index contributed by atoms with van der Waals surface area (Å²) in [5, 5.41) is 7.13. The van der Waals surface area contributed by atoms with Crippen molar-refractivity contribution in [1.29, 1.82) is 0 Å². The fourth-order valence-electron chi connectivity index (χ4n) is 2.03. The molecule has 0 aliphatic carbocycles. The fraction of sp³-hybridized carbons (Fsp3) is 0.462. The van der Waals surface area contributed by atoms with Gasteiger partial charge in [0.15, 0.2) is 0 Å². The zero-order chi connectivity index (χ0) is 13.0. The van der Waals surface area contributed by atoms with Gasteiger partial charge in [-0.3, -0.25) is 4.79 Å². The molecule has 1 atom stereocenters. The number of hydrogen-bond donors (Lipinski definition) is 2. The van der Waals surface area contributed by atoms with Crippen LogP contribution in [0.1, 0.15) is 23.2 Å². The molecule has 0 aromatic heterocycles. The summed E-state index contributed by atoms with van der Waals surface area (Å²) in [5.41, 5.74) is 1.41. The van der Waals surface area contributed by atoms with Gasteiger partial charge in [-0.25, -0.2) is 0 Å². The van der Waals surface area contributed by atoms with Gasteiger partial charge in [-0.1, -0.05) is 11.6 Å². The molecule has 2 rings (SSSR count). The Hall–Kier alpha value is -0.870. The van der Waals surface area contributed by atoms with Gasteiger partial charge in [0.05, 0.1) is 5.56 Å². The average Bonchev–Trinajstić information content (AvgIpc) is 2.89. The van der Waals surface area contributed by atoms with E-state index in [-0.39, 0.29) is 5.91 Å². The van der Waals surface area contributed by atoms with Crippen LogP contribution < -0.4 is 10.6 Å². The van der Waals surface area contributed by atoms with Gasteiger partial charge in [0.1, 0.15) is 0 Å². The summed E-state index contributed by atoms with van der Waals surface area (Å²) in [6.07, 6.45) is 2.45. The number of rotatable bonds is 4. The smallest absolute Gasteiger partial charge is 0.253 e. The molecule has 1 unspecified atom stereocenters. The number of anilines is 1. The minimum Gasteiger partial charge on any atom is -0.387 e. The van der Waals surface area contributed by atoms with E-state index in [4.69, 9.17) is 11.6 Å². The first kappa shape index (κ1) is 13.6. The molecule has 98 valence electrons. The molecule has 1 amide bonds. The van der Waals surface area contributed by atoms with Crippen molar-refractivity contribution in [2.24, 2.45) is 0 Å². The maximum atomic E-state index is 12.1. The highest BCUT2D eigenvalue weighted by Gasteiger charge is 2.17. The van der Waals surface area contributed by atoms with Gasteiger partial charge in [0, 0.05) is 29.6 Å². The lowest BCUT2D eigenvalue weighted by atomic mass is 10.1. The van der Waals surface area contributed by atoms with Crippen molar-refractivity contribution >= 4 is 35.0 Å². The van der Waals surface area contributed by atoms with E-state index in [2.05, 4.69) is 10.6 Å². The Bertz CT molecular complexity index is 433. The first-order valence-electron chi connectivity index (χ1n) is 6.08. The van der Waals surface area contributed by atoms with Crippen molar-refractivity contribution in [1.82, 2.24) is 5.32 Å². The molecule has 1 aliphatic rings. The number of thioether (sulfide) groups is 1. The van der Waals surface area contributed by atoms with Crippen molar-refractivity contribution < 1.29 is 4.79 Å². The molecule has 1 aliphatic heterocycles. The summed E-state index contributed by atoms with van der Waals surface area (Å²) < 4.78 is 0. The molecule has 0 spiro atoms. The third kappa shape index (κ3) is 3.33. The zero-order valence-electron chi connectivity index (χ0n) is 10.3. The summed E-state index contributed by atoms with van der Waals surface area (Å²) >= 11 is 7.87. The second kappa shape index (κ2) is 6.34. The first-order chi connectivity index (χ1) is 8.70. The van der Waals surface area contributed by atoms with Crippen LogP contribution in [0.25, 0.3) is 0 Å². The topological polar surface area (TPSA) is 41.1 Å². The number of carbonyl (C=O) groups is 1. The lowest BCUT2D eigenvalue weighted by molar-refractivity contribution is 0.0954. The molecule has 1 fully saturated rings. The van der Waals surface area contributed by atoms with Crippen molar-refractivity contribution in [2.45, 2.75) is 18.1 Å². The Morgan fingerprint density at radius 1 is 1.56 bits per heavy atom. The van der Waals surface area contributed by atoms with Crippen LogP contribution in [-0.2, 0) is 0 Å². The second-order valence-corrected chi connectivity index (χ2v) is 6.13. The molecule has 1 heterocycles. The Kier molecular flexibility index (Phi) is 4.78. The van der Waals surface area contributed by atoms with E-state index in [0.29, 0.717) is 15.8 Å². The van der Waals surface area contributed by atoms with E-state index < -0.39 is 0 Å². The zero-order valence-corrected chi connectivity index (χ0v) is 11.9. The van der Waals surface area contributed by atoms with Crippen LogP contribution in [0.4, 0.5) is 5.69 Å². The molecule has 1 aromatic rings. The minimum atomic E-state index is -0.0608. The minimum absolute atomic E-state index is 0.0608. The van der Waals surface area contributed by atoms with Crippen LogP contribution >= 0.6 is 23.4 Å². The van der Waals surface area contributed by atoms with E-state index in [9.17, 15) is 4.79 Å². The van der Waals surface area contributed by atoms with E-state index in [1.807, 2.05) is 17.8 Å². The molecule has 3 nitrogen and oxygen atoms in total. The van der Waals surface area contributed by atoms with E-state index in [1.165, 1.54) is 18.6 Å². The van der Waals surface area contributed by atoms with Crippen molar-refractivity contribution in [3.8, 4) is 0 Å². The maximum Gasteiger partial charge on any atom is 0.253 e. The summed E-state index contributed by atoms with van der Waals surface area (Å²) in [5.74, 6) is 1.15. The van der Waals surface area contributed by atoms with Crippen LogP contribution in [0.5, 0.6) is 0 Å². The highest BCUT2D eigenvalue weighted by atomic mass is 35.5. The fourth-order valence-corrected chi connectivity index (χ4v) is 3.40. The maximum absolute atomic E-state index is 12.1. The number of nitrogens with one attached hydrogen (secondary N) is 2. The van der Waals surface area contributed by atoms with Crippen molar-refractivity contribution in [3.63, 3.8) is 0 Å². The molecule has 1 aromatic carbocycles. The standard InChI is InChI=1S/C13H17ClN2OS/c1-15-12-5-4-9(14)7-11(12)13(17)16-8-10-3-2-6-18-10/h4-5,7,10,15H,2-3,6,8H2,1H3,(H,16,17). The molecule has 2 N–H and O–H groups in total. The number of amides is 1. The highest BCUT2D eigenvalue weighted by Crippen LogP contribution is 2.25. The normalized spacial score (nSPS) is 18.7. The third-order valence-electron chi connectivity index (χ3n) is 3.01. The lowest BCUT2D eigenvalue weighted by Gasteiger charge is -2.13. The van der Waals surface area contributed by atoms with Gasteiger partial charge in [0.2, 0.25) is 0 Å². The van der Waals surface area contributed by atoms with Crippen LogP contribution in [-0.4, -0.2) is 30.5 Å². The monoisotopic (exact) mass is 284 g/mol. The Balaban J connectivity index is 2.00. The van der Waals surface area contributed by atoms with Crippen LogP contribution in [0, 0.1) is 0 Å². The predicted molar refractivity (Wildman–Crippen MR) is 78.8 cm³/mol. The molecular formula is C13H17ClN2OS. The number of benzene rings is 1. The summed E-state index contributed by atoms with van der Waals surface area (Å²) in [7, 11) is 1.80. The molecule has 0 bridgehead atoms. The molecule has 5 heteroatoms. The number of halogens is 1. The summed E-state index contributed by atoms with van der Waals surface area (Å²) in [6.45, 7) is 0.735. The average molecular weight is 285 g/mol. The number of hydrogen-bond acceptors (Lipinski definition) is 3. The van der Waals surface area contributed by atoms with Gasteiger partial charge >= 0.3 is 0 Å². The van der Waals surface area contributed by atoms with E-state index in [0.717, 1.165) is 12.2 Å². The van der Waals surface area contributed by atoms with Gasteiger partial charge in [-0.2, -0.15) is 11.8 Å². The molecule has 0 radical (unpaired) electrons. The Morgan fingerprint density at radius 3 is 3.06 bits per heavy atom. The van der Waals surface area contributed by atoms with Crippen molar-refractivity contribution in [2.75, 3.05) is 24.7 Å². The third-order valence-corrected chi connectivity index (χ3v) is 4.64. The molecule has 18 heavy (non-hydrogen) atoms. The summed E-state index contributed by atoms with van der Waals surface area (Å²) in [6, 6.07) is 5.29. The quantitative estimate of drug-likeness (QED) is 0.893. The summed E-state index contributed by atoms with van der Waals surface area (Å²) in [4.78, 5) is 12.1. The molecular weight excluding hydrogens is 268 g/mol. The molecule has 0 saturated carbocycles. The lowest BCUT2D eigenvalue weighted by Crippen LogP contribution is -2.30. The van der Waals surface area contributed by atoms with Gasteiger partial charge in [0.25, 0.3) is 5.91 Å². The van der Waals surface area contributed by atoms with Gasteiger partial charge in [-0.15, -0.1) is 0 Å². The molecule has 1 saturated heterocycles. The van der Waals surface area contributed by atoms with Crippen LogP contribution in [0.15, 0.2) is 18.2 Å². The predicted octanol–water partition coefficient (Wildman–Crippen LogP) is 3.01. The van der Waals surface area contributed by atoms with E-state index in [1.54, 1.807) is 19.2 Å².